The first-order valence-corrected chi connectivity index (χ1v) is 10.8. The summed E-state index contributed by atoms with van der Waals surface area (Å²) in [5, 5.41) is 5.65. The standard InChI is InChI=1S/C23H21FN4O2S/c1-25-22(29)16-10-18(12-26-11-16)30-9-3-2-4-20-21-19(13-31-23(21)28-14-27-20)15-5-7-17(24)8-6-15/h5-8,10-14H,2-4,9H2,1H3,(H,25,29). The summed E-state index contributed by atoms with van der Waals surface area (Å²) in [5.74, 6) is 0.122. The van der Waals surface area contributed by atoms with Crippen LogP contribution in [0.15, 0.2) is 54.4 Å². The van der Waals surface area contributed by atoms with Gasteiger partial charge in [-0.15, -0.1) is 11.3 Å². The minimum atomic E-state index is -0.254. The molecule has 158 valence electrons. The Morgan fingerprint density at radius 1 is 1.16 bits per heavy atom. The summed E-state index contributed by atoms with van der Waals surface area (Å²) in [6.45, 7) is 0.515. The van der Waals surface area contributed by atoms with Crippen LogP contribution in [-0.4, -0.2) is 34.5 Å². The minimum Gasteiger partial charge on any atom is -0.492 e. The average molecular weight is 437 g/mol. The molecular formula is C23H21FN4O2S. The zero-order valence-corrected chi connectivity index (χ0v) is 17.8. The number of fused-ring (bicyclic) bond motifs is 1. The number of pyridine rings is 1. The number of hydrogen-bond donors (Lipinski definition) is 1. The van der Waals surface area contributed by atoms with Crippen molar-refractivity contribution >= 4 is 27.5 Å². The number of hydrogen-bond acceptors (Lipinski definition) is 6. The third-order valence-electron chi connectivity index (χ3n) is 4.88. The summed E-state index contributed by atoms with van der Waals surface area (Å²) in [7, 11) is 1.58. The van der Waals surface area contributed by atoms with Crippen molar-refractivity contribution in [1.82, 2.24) is 20.3 Å². The van der Waals surface area contributed by atoms with Crippen molar-refractivity contribution in [1.29, 1.82) is 0 Å². The van der Waals surface area contributed by atoms with Gasteiger partial charge in [0.2, 0.25) is 0 Å². The molecule has 4 aromatic rings. The molecule has 0 aliphatic heterocycles. The van der Waals surface area contributed by atoms with E-state index >= 15 is 0 Å². The Kier molecular flexibility index (Phi) is 6.47. The van der Waals surface area contributed by atoms with Crippen LogP contribution in [0.5, 0.6) is 5.75 Å². The molecule has 1 amide bonds. The number of nitrogens with zero attached hydrogens (tertiary/aromatic N) is 3. The molecule has 0 aliphatic rings. The molecule has 0 saturated heterocycles. The van der Waals surface area contributed by atoms with Crippen molar-refractivity contribution < 1.29 is 13.9 Å². The molecular weight excluding hydrogens is 415 g/mol. The van der Waals surface area contributed by atoms with E-state index in [1.165, 1.54) is 18.3 Å². The second kappa shape index (κ2) is 9.61. The van der Waals surface area contributed by atoms with E-state index in [2.05, 4.69) is 20.3 Å². The van der Waals surface area contributed by atoms with Gasteiger partial charge >= 0.3 is 0 Å². The average Bonchev–Trinajstić information content (AvgIpc) is 3.24. The molecule has 31 heavy (non-hydrogen) atoms. The molecule has 4 rings (SSSR count). The number of amides is 1. The largest absolute Gasteiger partial charge is 0.492 e. The van der Waals surface area contributed by atoms with Gasteiger partial charge in [0.05, 0.1) is 24.1 Å². The number of rotatable bonds is 8. The predicted molar refractivity (Wildman–Crippen MR) is 119 cm³/mol. The third-order valence-corrected chi connectivity index (χ3v) is 5.77. The number of unbranched alkanes of at least 4 members (excludes halogenated alkanes) is 1. The van der Waals surface area contributed by atoms with Gasteiger partial charge in [-0.05, 0) is 43.0 Å². The van der Waals surface area contributed by atoms with E-state index in [9.17, 15) is 9.18 Å². The molecule has 0 saturated carbocycles. The number of benzene rings is 1. The first-order chi connectivity index (χ1) is 15.2. The highest BCUT2D eigenvalue weighted by molar-refractivity contribution is 7.17. The maximum atomic E-state index is 13.3. The first-order valence-electron chi connectivity index (χ1n) is 9.92. The predicted octanol–water partition coefficient (Wildman–Crippen LogP) is 4.65. The van der Waals surface area contributed by atoms with E-state index in [0.717, 1.165) is 46.3 Å². The van der Waals surface area contributed by atoms with E-state index in [4.69, 9.17) is 4.74 Å². The smallest absolute Gasteiger partial charge is 0.252 e. The van der Waals surface area contributed by atoms with Crippen molar-refractivity contribution in [3.63, 3.8) is 0 Å². The third kappa shape index (κ3) is 4.86. The van der Waals surface area contributed by atoms with Crippen LogP contribution in [0.1, 0.15) is 28.9 Å². The Morgan fingerprint density at radius 2 is 2.00 bits per heavy atom. The van der Waals surface area contributed by atoms with Gasteiger partial charge in [0.15, 0.2) is 0 Å². The minimum absolute atomic E-state index is 0.196. The second-order valence-electron chi connectivity index (χ2n) is 6.95. The molecule has 0 unspecified atom stereocenters. The molecule has 0 bridgehead atoms. The monoisotopic (exact) mass is 436 g/mol. The Hall–Kier alpha value is -3.39. The Bertz CT molecular complexity index is 1190. The summed E-state index contributed by atoms with van der Waals surface area (Å²) in [6.07, 6.45) is 7.18. The topological polar surface area (TPSA) is 77.0 Å². The number of halogens is 1. The number of thiophene rings is 1. The van der Waals surface area contributed by atoms with Crippen LogP contribution in [0.3, 0.4) is 0 Å². The highest BCUT2D eigenvalue weighted by atomic mass is 32.1. The Morgan fingerprint density at radius 3 is 2.81 bits per heavy atom. The van der Waals surface area contributed by atoms with E-state index in [1.54, 1.807) is 49.1 Å². The van der Waals surface area contributed by atoms with Crippen molar-refractivity contribution in [3.05, 3.63) is 71.5 Å². The molecule has 0 atom stereocenters. The number of nitrogens with one attached hydrogen (secondary N) is 1. The SMILES string of the molecule is CNC(=O)c1cncc(OCCCCc2ncnc3scc(-c4ccc(F)cc4)c23)c1. The number of ether oxygens (including phenoxy) is 1. The Balaban J connectivity index is 1.39. The second-order valence-corrected chi connectivity index (χ2v) is 7.81. The van der Waals surface area contributed by atoms with Crippen LogP contribution in [-0.2, 0) is 6.42 Å². The van der Waals surface area contributed by atoms with E-state index in [1.807, 2.05) is 5.38 Å². The normalized spacial score (nSPS) is 10.9. The quantitative estimate of drug-likeness (QED) is 0.407. The van der Waals surface area contributed by atoms with E-state index in [-0.39, 0.29) is 11.7 Å². The zero-order valence-electron chi connectivity index (χ0n) is 17.0. The summed E-state index contributed by atoms with van der Waals surface area (Å²) >= 11 is 1.56. The molecule has 3 heterocycles. The fraction of sp³-hybridized carbons (Fsp3) is 0.217. The maximum Gasteiger partial charge on any atom is 0.252 e. The lowest BCUT2D eigenvalue weighted by atomic mass is 10.0. The van der Waals surface area contributed by atoms with Crippen LogP contribution in [0, 0.1) is 5.82 Å². The molecule has 1 aromatic carbocycles. The zero-order chi connectivity index (χ0) is 21.6. The number of aryl methyl sites for hydroxylation is 1. The van der Waals surface area contributed by atoms with Crippen molar-refractivity contribution in [3.8, 4) is 16.9 Å². The number of carbonyl (C=O) groups excluding carboxylic acids is 1. The number of carbonyl (C=O) groups is 1. The molecule has 1 N–H and O–H groups in total. The molecule has 0 aliphatic carbocycles. The van der Waals surface area contributed by atoms with Crippen LogP contribution in [0.25, 0.3) is 21.3 Å². The lowest BCUT2D eigenvalue weighted by molar-refractivity contribution is 0.0962. The summed E-state index contributed by atoms with van der Waals surface area (Å²) in [6, 6.07) is 8.17. The summed E-state index contributed by atoms with van der Waals surface area (Å²) in [5.41, 5.74) is 3.43. The number of aromatic nitrogens is 3. The summed E-state index contributed by atoms with van der Waals surface area (Å²) < 4.78 is 19.1. The molecule has 0 radical (unpaired) electrons. The van der Waals surface area contributed by atoms with Gasteiger partial charge in [-0.3, -0.25) is 9.78 Å². The van der Waals surface area contributed by atoms with Gasteiger partial charge in [-0.1, -0.05) is 12.1 Å². The van der Waals surface area contributed by atoms with Gasteiger partial charge in [0, 0.05) is 29.6 Å². The van der Waals surface area contributed by atoms with Gasteiger partial charge in [0.1, 0.15) is 22.7 Å². The van der Waals surface area contributed by atoms with E-state index < -0.39 is 0 Å². The maximum absolute atomic E-state index is 13.3. The lowest BCUT2D eigenvalue weighted by Gasteiger charge is -2.08. The van der Waals surface area contributed by atoms with Gasteiger partial charge in [0.25, 0.3) is 5.91 Å². The molecule has 8 heteroatoms. The fourth-order valence-electron chi connectivity index (χ4n) is 3.32. The van der Waals surface area contributed by atoms with E-state index in [0.29, 0.717) is 17.9 Å². The van der Waals surface area contributed by atoms with Crippen LogP contribution in [0.4, 0.5) is 4.39 Å². The van der Waals surface area contributed by atoms with Crippen LogP contribution in [0.2, 0.25) is 0 Å². The lowest BCUT2D eigenvalue weighted by Crippen LogP contribution is -2.18. The highest BCUT2D eigenvalue weighted by Gasteiger charge is 2.13. The molecule has 0 fully saturated rings. The Labute approximate surface area is 183 Å². The van der Waals surface area contributed by atoms with Crippen molar-refractivity contribution in [2.45, 2.75) is 19.3 Å². The van der Waals surface area contributed by atoms with Crippen LogP contribution >= 0.6 is 11.3 Å². The van der Waals surface area contributed by atoms with Crippen LogP contribution < -0.4 is 10.1 Å². The van der Waals surface area contributed by atoms with Gasteiger partial charge in [-0.2, -0.15) is 0 Å². The first kappa shape index (κ1) is 20.9. The fourth-order valence-corrected chi connectivity index (χ4v) is 4.26. The molecule has 0 spiro atoms. The van der Waals surface area contributed by atoms with Crippen molar-refractivity contribution in [2.75, 3.05) is 13.7 Å². The molecule has 6 nitrogen and oxygen atoms in total. The summed E-state index contributed by atoms with van der Waals surface area (Å²) in [4.78, 5) is 25.6. The van der Waals surface area contributed by atoms with Crippen molar-refractivity contribution in [2.24, 2.45) is 0 Å². The van der Waals surface area contributed by atoms with Gasteiger partial charge in [-0.25, -0.2) is 14.4 Å². The van der Waals surface area contributed by atoms with Gasteiger partial charge < -0.3 is 10.1 Å². The highest BCUT2D eigenvalue weighted by Crippen LogP contribution is 2.34. The molecule has 3 aromatic heterocycles.